The van der Waals surface area contributed by atoms with Crippen LogP contribution in [-0.4, -0.2) is 48.9 Å². The first kappa shape index (κ1) is 35.5. The second-order valence-electron chi connectivity index (χ2n) is 13.1. The van der Waals surface area contributed by atoms with Crippen molar-refractivity contribution in [3.05, 3.63) is 0 Å². The van der Waals surface area contributed by atoms with Crippen molar-refractivity contribution in [2.45, 2.75) is 168 Å². The Hall–Kier alpha value is -0.473. The highest BCUT2D eigenvalue weighted by molar-refractivity contribution is 6.74. The van der Waals surface area contributed by atoms with E-state index in [1.165, 1.54) is 57.8 Å². The van der Waals surface area contributed by atoms with Crippen LogP contribution in [-0.2, 0) is 14.1 Å². The van der Waals surface area contributed by atoms with E-state index in [0.29, 0.717) is 6.42 Å². The normalized spacial score (nSPS) is 15.5. The second kappa shape index (κ2) is 17.9. The van der Waals surface area contributed by atoms with E-state index in [9.17, 15) is 15.0 Å². The van der Waals surface area contributed by atoms with Gasteiger partial charge >= 0.3 is 0 Å². The molecule has 0 aromatic rings. The SMILES string of the molecule is CCCCCCCCCCCCCC[C@H](O)[C@@H](O)[C@H](CO[Si](C)(C)C(C)(C)C)C(=O)NOC(C)(C)C. The van der Waals surface area contributed by atoms with E-state index in [1.807, 2.05) is 20.8 Å². The Labute approximate surface area is 224 Å². The summed E-state index contributed by atoms with van der Waals surface area (Å²) >= 11 is 0. The number of hydrogen-bond donors (Lipinski definition) is 3. The predicted octanol–water partition coefficient (Wildman–Crippen LogP) is 7.28. The van der Waals surface area contributed by atoms with Gasteiger partial charge in [-0.2, -0.15) is 0 Å². The van der Waals surface area contributed by atoms with Crippen molar-refractivity contribution >= 4 is 14.2 Å². The molecule has 7 heteroatoms. The first-order valence-corrected chi connectivity index (χ1v) is 17.5. The summed E-state index contributed by atoms with van der Waals surface area (Å²) in [6, 6.07) is 0. The van der Waals surface area contributed by atoms with Gasteiger partial charge in [0, 0.05) is 6.61 Å². The van der Waals surface area contributed by atoms with Crippen LogP contribution in [0, 0.1) is 5.92 Å². The van der Waals surface area contributed by atoms with Crippen LogP contribution in [0.2, 0.25) is 18.1 Å². The molecule has 6 nitrogen and oxygen atoms in total. The molecule has 0 saturated heterocycles. The summed E-state index contributed by atoms with van der Waals surface area (Å²) in [5.41, 5.74) is 1.92. The van der Waals surface area contributed by atoms with E-state index in [0.717, 1.165) is 19.3 Å². The Kier molecular flexibility index (Phi) is 17.7. The Bertz CT molecular complexity index is 571. The Morgan fingerprint density at radius 2 is 1.25 bits per heavy atom. The van der Waals surface area contributed by atoms with Gasteiger partial charge in [-0.15, -0.1) is 0 Å². The fraction of sp³-hybridized carbons (Fsp3) is 0.966. The molecule has 0 bridgehead atoms. The summed E-state index contributed by atoms with van der Waals surface area (Å²) in [5, 5.41) is 21.6. The second-order valence-corrected chi connectivity index (χ2v) is 17.9. The maximum atomic E-state index is 12.9. The van der Waals surface area contributed by atoms with Crippen molar-refractivity contribution in [2.24, 2.45) is 5.92 Å². The number of amides is 1. The van der Waals surface area contributed by atoms with Gasteiger partial charge < -0.3 is 14.6 Å². The van der Waals surface area contributed by atoms with Crippen molar-refractivity contribution in [3.8, 4) is 0 Å². The summed E-state index contributed by atoms with van der Waals surface area (Å²) in [5.74, 6) is -1.35. The molecule has 216 valence electrons. The molecule has 0 aliphatic carbocycles. The van der Waals surface area contributed by atoms with Crippen LogP contribution in [0.15, 0.2) is 0 Å². The lowest BCUT2D eigenvalue weighted by atomic mass is 9.94. The number of aliphatic hydroxyl groups excluding tert-OH is 2. The fourth-order valence-electron chi connectivity index (χ4n) is 3.76. The largest absolute Gasteiger partial charge is 0.416 e. The van der Waals surface area contributed by atoms with E-state index >= 15 is 0 Å². The molecule has 0 aromatic carbocycles. The number of hydroxylamine groups is 1. The number of unbranched alkanes of at least 4 members (excludes halogenated alkanes) is 11. The molecule has 0 aromatic heterocycles. The number of carbonyl (C=O) groups is 1. The van der Waals surface area contributed by atoms with Crippen molar-refractivity contribution in [3.63, 3.8) is 0 Å². The molecule has 0 saturated carbocycles. The lowest BCUT2D eigenvalue weighted by molar-refractivity contribution is -0.158. The number of hydrogen-bond acceptors (Lipinski definition) is 5. The third-order valence-corrected chi connectivity index (χ3v) is 11.9. The lowest BCUT2D eigenvalue weighted by Gasteiger charge is -2.38. The standard InChI is InChI=1S/C29H61NO5Si/c1-10-11-12-13-14-15-16-17-18-19-20-21-22-25(31)26(32)24(27(33)30-35-28(2,3)4)23-34-36(8,9)29(5,6)7/h24-26,31-32H,10-23H2,1-9H3,(H,30,33)/t24-,25-,26-/m0/s1. The minimum absolute atomic E-state index is 0.0193. The minimum Gasteiger partial charge on any atom is -0.416 e. The number of nitrogens with one attached hydrogen (secondary N) is 1. The van der Waals surface area contributed by atoms with Gasteiger partial charge in [-0.3, -0.25) is 9.63 Å². The predicted molar refractivity (Wildman–Crippen MR) is 153 cm³/mol. The first-order valence-electron chi connectivity index (χ1n) is 14.6. The molecule has 0 fully saturated rings. The van der Waals surface area contributed by atoms with Gasteiger partial charge in [-0.25, -0.2) is 5.48 Å². The van der Waals surface area contributed by atoms with E-state index in [4.69, 9.17) is 9.26 Å². The number of rotatable bonds is 20. The highest BCUT2D eigenvalue weighted by atomic mass is 28.4. The zero-order valence-electron chi connectivity index (χ0n) is 25.3. The smallest absolute Gasteiger partial charge is 0.251 e. The third kappa shape index (κ3) is 16.4. The van der Waals surface area contributed by atoms with Crippen molar-refractivity contribution in [2.75, 3.05) is 6.61 Å². The highest BCUT2D eigenvalue weighted by Gasteiger charge is 2.40. The molecule has 0 aliphatic rings. The van der Waals surface area contributed by atoms with E-state index in [-0.39, 0.29) is 11.6 Å². The van der Waals surface area contributed by atoms with Gasteiger partial charge in [-0.05, 0) is 45.3 Å². The van der Waals surface area contributed by atoms with Crippen LogP contribution in [0.3, 0.4) is 0 Å². The molecule has 0 aliphatic heterocycles. The molecule has 3 atom stereocenters. The molecule has 0 heterocycles. The highest BCUT2D eigenvalue weighted by Crippen LogP contribution is 2.37. The average Bonchev–Trinajstić information content (AvgIpc) is 2.76. The van der Waals surface area contributed by atoms with E-state index in [2.05, 4.69) is 46.3 Å². The van der Waals surface area contributed by atoms with Crippen LogP contribution in [0.25, 0.3) is 0 Å². The lowest BCUT2D eigenvalue weighted by Crippen LogP contribution is -2.50. The van der Waals surface area contributed by atoms with Gasteiger partial charge in [-0.1, -0.05) is 105 Å². The molecular weight excluding hydrogens is 470 g/mol. The maximum absolute atomic E-state index is 12.9. The van der Waals surface area contributed by atoms with E-state index in [1.54, 1.807) is 0 Å². The fourth-order valence-corrected chi connectivity index (χ4v) is 4.79. The zero-order chi connectivity index (χ0) is 27.8. The van der Waals surface area contributed by atoms with Crippen LogP contribution in [0.4, 0.5) is 0 Å². The topological polar surface area (TPSA) is 88.0 Å². The van der Waals surface area contributed by atoms with Gasteiger partial charge in [0.1, 0.15) is 0 Å². The maximum Gasteiger partial charge on any atom is 0.251 e. The molecule has 0 spiro atoms. The zero-order valence-corrected chi connectivity index (χ0v) is 26.3. The molecule has 3 N–H and O–H groups in total. The molecule has 0 unspecified atom stereocenters. The molecule has 0 radical (unpaired) electrons. The molecule has 36 heavy (non-hydrogen) atoms. The van der Waals surface area contributed by atoms with Crippen molar-refractivity contribution < 1.29 is 24.3 Å². The average molecular weight is 532 g/mol. The molecule has 0 rings (SSSR count). The van der Waals surface area contributed by atoms with Crippen molar-refractivity contribution in [1.82, 2.24) is 5.48 Å². The summed E-state index contributed by atoms with van der Waals surface area (Å²) in [4.78, 5) is 18.3. The van der Waals surface area contributed by atoms with Gasteiger partial charge in [0.05, 0.1) is 23.7 Å². The Balaban J connectivity index is 4.56. The number of carbonyl (C=O) groups excluding carboxylic acids is 1. The van der Waals surface area contributed by atoms with Gasteiger partial charge in [0.15, 0.2) is 8.32 Å². The van der Waals surface area contributed by atoms with Crippen LogP contribution in [0.5, 0.6) is 0 Å². The quantitative estimate of drug-likeness (QED) is 0.0872. The van der Waals surface area contributed by atoms with Gasteiger partial charge in [0.25, 0.3) is 5.91 Å². The third-order valence-electron chi connectivity index (χ3n) is 7.38. The monoisotopic (exact) mass is 531 g/mol. The summed E-state index contributed by atoms with van der Waals surface area (Å²) in [6.07, 6.45) is 13.2. The van der Waals surface area contributed by atoms with E-state index < -0.39 is 38.0 Å². The van der Waals surface area contributed by atoms with Crippen LogP contribution >= 0.6 is 0 Å². The summed E-state index contributed by atoms with van der Waals surface area (Å²) in [6.45, 7) is 18.5. The van der Waals surface area contributed by atoms with Crippen LogP contribution < -0.4 is 5.48 Å². The van der Waals surface area contributed by atoms with Gasteiger partial charge in [0.2, 0.25) is 0 Å². The first-order chi connectivity index (χ1) is 16.6. The minimum atomic E-state index is -2.13. The molecular formula is C29H61NO5Si. The number of aliphatic hydroxyl groups is 2. The molecule has 1 amide bonds. The van der Waals surface area contributed by atoms with Crippen LogP contribution in [0.1, 0.15) is 132 Å². The summed E-state index contributed by atoms with van der Waals surface area (Å²) < 4.78 is 6.25. The Morgan fingerprint density at radius 1 is 0.806 bits per heavy atom. The Morgan fingerprint density at radius 3 is 1.67 bits per heavy atom. The van der Waals surface area contributed by atoms with Crippen molar-refractivity contribution in [1.29, 1.82) is 0 Å². The summed E-state index contributed by atoms with van der Waals surface area (Å²) in [7, 11) is -2.13.